The van der Waals surface area contributed by atoms with Crippen LogP contribution in [0.3, 0.4) is 0 Å². The first kappa shape index (κ1) is 22.3. The fraction of sp³-hybridized carbons (Fsp3) is 0.667. The lowest BCUT2D eigenvalue weighted by Crippen LogP contribution is -2.45. The maximum atomic E-state index is 12.1. The van der Waals surface area contributed by atoms with Crippen LogP contribution in [0.25, 0.3) is 0 Å². The van der Waals surface area contributed by atoms with Crippen LogP contribution in [0.5, 0.6) is 0 Å². The Hall–Kier alpha value is -1.66. The summed E-state index contributed by atoms with van der Waals surface area (Å²) in [6, 6.07) is 1.78. The molecule has 6 nitrogen and oxygen atoms in total. The third-order valence-corrected chi connectivity index (χ3v) is 3.24. The van der Waals surface area contributed by atoms with Crippen molar-refractivity contribution in [2.24, 2.45) is 5.92 Å². The number of carbonyl (C=O) groups excluding carboxylic acids is 1. The van der Waals surface area contributed by atoms with Gasteiger partial charge in [-0.25, -0.2) is 4.98 Å². The molecule has 0 aliphatic rings. The van der Waals surface area contributed by atoms with Gasteiger partial charge in [0.2, 0.25) is 0 Å². The fourth-order valence-corrected chi connectivity index (χ4v) is 2.12. The number of aromatic nitrogens is 1. The number of likely N-dealkylation sites (N-methyl/N-ethyl adjacent to an activating group) is 1. The summed E-state index contributed by atoms with van der Waals surface area (Å²) < 4.78 is 0. The van der Waals surface area contributed by atoms with E-state index in [1.807, 2.05) is 27.7 Å². The van der Waals surface area contributed by atoms with Crippen molar-refractivity contribution in [2.45, 2.75) is 60.6 Å². The molecule has 0 spiro atoms. The summed E-state index contributed by atoms with van der Waals surface area (Å²) in [6.07, 6.45) is 2.32. The highest BCUT2D eigenvalue weighted by Crippen LogP contribution is 2.16. The van der Waals surface area contributed by atoms with Gasteiger partial charge in [-0.3, -0.25) is 9.69 Å². The molecule has 138 valence electrons. The molecule has 1 aromatic rings. The number of nitrogens with two attached hydrogens (primary N) is 1. The van der Waals surface area contributed by atoms with Gasteiger partial charge in [-0.1, -0.05) is 48.0 Å². The van der Waals surface area contributed by atoms with Gasteiger partial charge in [0.1, 0.15) is 5.82 Å². The fourth-order valence-electron chi connectivity index (χ4n) is 2.12. The second kappa shape index (κ2) is 11.8. The highest BCUT2D eigenvalue weighted by atomic mass is 16.3. The number of rotatable bonds is 7. The van der Waals surface area contributed by atoms with E-state index in [1.54, 1.807) is 11.0 Å². The van der Waals surface area contributed by atoms with Crippen LogP contribution in [0, 0.1) is 5.92 Å². The summed E-state index contributed by atoms with van der Waals surface area (Å²) in [5, 5.41) is 12.8. The first-order valence-corrected chi connectivity index (χ1v) is 8.77. The molecule has 1 amide bonds. The predicted molar refractivity (Wildman–Crippen MR) is 101 cm³/mol. The molecule has 1 heterocycles. The lowest BCUT2D eigenvalue weighted by molar-refractivity contribution is -0.134. The third kappa shape index (κ3) is 7.75. The maximum Gasteiger partial charge on any atom is 0.268 e. The van der Waals surface area contributed by atoms with Gasteiger partial charge in [-0.2, -0.15) is 0 Å². The average Bonchev–Trinajstić information content (AvgIpc) is 2.54. The molecule has 1 atom stereocenters. The Balaban J connectivity index is 0.00000163. The molecule has 0 aromatic carbocycles. The van der Waals surface area contributed by atoms with Crippen molar-refractivity contribution in [2.75, 3.05) is 24.1 Å². The Labute approximate surface area is 146 Å². The average molecular weight is 338 g/mol. The van der Waals surface area contributed by atoms with E-state index in [-0.39, 0.29) is 0 Å². The Kier molecular flexibility index (Phi) is 11.0. The quantitative estimate of drug-likeness (QED) is 0.665. The molecule has 1 aromatic heterocycles. The molecule has 1 unspecified atom stereocenters. The van der Waals surface area contributed by atoms with Gasteiger partial charge in [0.05, 0.1) is 11.9 Å². The van der Waals surface area contributed by atoms with Gasteiger partial charge in [0, 0.05) is 6.54 Å². The second-order valence-electron chi connectivity index (χ2n) is 6.17. The second-order valence-corrected chi connectivity index (χ2v) is 6.17. The zero-order valence-corrected chi connectivity index (χ0v) is 16.0. The van der Waals surface area contributed by atoms with Gasteiger partial charge in [0.25, 0.3) is 5.91 Å². The molecule has 0 aliphatic heterocycles. The molecule has 0 saturated heterocycles. The minimum absolute atomic E-state index is 0.372. The number of anilines is 2. The Morgan fingerprint density at radius 3 is 2.38 bits per heavy atom. The molecule has 0 bridgehead atoms. The van der Waals surface area contributed by atoms with Gasteiger partial charge >= 0.3 is 0 Å². The first-order chi connectivity index (χ1) is 11.3. The zero-order valence-electron chi connectivity index (χ0n) is 16.0. The van der Waals surface area contributed by atoms with Crippen LogP contribution in [0.4, 0.5) is 11.5 Å². The van der Waals surface area contributed by atoms with Crippen LogP contribution in [0.15, 0.2) is 12.3 Å². The zero-order chi connectivity index (χ0) is 18.7. The van der Waals surface area contributed by atoms with Crippen molar-refractivity contribution in [3.05, 3.63) is 17.8 Å². The van der Waals surface area contributed by atoms with Crippen LogP contribution >= 0.6 is 0 Å². The number of nitrogen functional groups attached to an aromatic ring is 1. The number of aryl methyl sites for hydroxylation is 1. The summed E-state index contributed by atoms with van der Waals surface area (Å²) >= 11 is 0. The van der Waals surface area contributed by atoms with Crippen molar-refractivity contribution >= 4 is 17.4 Å². The normalized spacial score (nSPS) is 11.9. The third-order valence-electron chi connectivity index (χ3n) is 3.24. The lowest BCUT2D eigenvalue weighted by atomic mass is 10.2. The van der Waals surface area contributed by atoms with E-state index in [9.17, 15) is 9.90 Å². The molecular formula is C18H34N4O2. The number of aliphatic hydroxyl groups is 1. The van der Waals surface area contributed by atoms with E-state index in [2.05, 4.69) is 24.1 Å². The summed E-state index contributed by atoms with van der Waals surface area (Å²) in [6.45, 7) is 13.5. The van der Waals surface area contributed by atoms with Crippen LogP contribution in [-0.4, -0.2) is 40.2 Å². The number of aliphatic hydroxyl groups excluding tert-OH is 1. The summed E-state index contributed by atoms with van der Waals surface area (Å²) in [7, 11) is 0. The van der Waals surface area contributed by atoms with Crippen LogP contribution in [-0.2, 0) is 11.2 Å². The van der Waals surface area contributed by atoms with Crippen molar-refractivity contribution in [1.82, 2.24) is 9.88 Å². The number of nitrogens with zero attached hydrogens (tertiary/aromatic N) is 2. The topological polar surface area (TPSA) is 91.5 Å². The van der Waals surface area contributed by atoms with E-state index in [4.69, 9.17) is 5.73 Å². The van der Waals surface area contributed by atoms with E-state index in [0.717, 1.165) is 12.0 Å². The van der Waals surface area contributed by atoms with Crippen LogP contribution in [0.2, 0.25) is 0 Å². The number of hydrogen-bond acceptors (Lipinski definition) is 5. The highest BCUT2D eigenvalue weighted by Gasteiger charge is 2.23. The molecular weight excluding hydrogens is 304 g/mol. The van der Waals surface area contributed by atoms with E-state index >= 15 is 0 Å². The standard InChI is InChI=1S/C15H26N4O2.C3H8/c1-5-11-7-12(8-17-13(11)16)18-14(20)15(21)19(6-2)9-10(3)4;1-3-2/h7-8,10,15,21H,5-6,9H2,1-4H3,(H2,16,17)(H,18,20);3H2,1-2H3. The molecule has 0 saturated carbocycles. The lowest BCUT2D eigenvalue weighted by Gasteiger charge is -2.27. The van der Waals surface area contributed by atoms with Crippen molar-refractivity contribution in [3.63, 3.8) is 0 Å². The Morgan fingerprint density at radius 2 is 1.92 bits per heavy atom. The van der Waals surface area contributed by atoms with Gasteiger partial charge in [0.15, 0.2) is 6.23 Å². The highest BCUT2D eigenvalue weighted by molar-refractivity contribution is 5.93. The van der Waals surface area contributed by atoms with Crippen LogP contribution in [0.1, 0.15) is 53.5 Å². The first-order valence-electron chi connectivity index (χ1n) is 8.77. The molecule has 0 radical (unpaired) electrons. The number of hydrogen-bond donors (Lipinski definition) is 3. The number of amides is 1. The van der Waals surface area contributed by atoms with Crippen molar-refractivity contribution < 1.29 is 9.90 Å². The Morgan fingerprint density at radius 1 is 1.33 bits per heavy atom. The van der Waals surface area contributed by atoms with Gasteiger partial charge in [-0.15, -0.1) is 0 Å². The van der Waals surface area contributed by atoms with Gasteiger partial charge in [-0.05, 0) is 30.5 Å². The predicted octanol–water partition coefficient (Wildman–Crippen LogP) is 2.88. The molecule has 1 rings (SSSR count). The van der Waals surface area contributed by atoms with E-state index in [0.29, 0.717) is 30.5 Å². The summed E-state index contributed by atoms with van der Waals surface area (Å²) in [5.41, 5.74) is 7.15. The largest absolute Gasteiger partial charge is 0.383 e. The molecule has 6 heteroatoms. The van der Waals surface area contributed by atoms with Crippen molar-refractivity contribution in [3.8, 4) is 0 Å². The maximum absolute atomic E-state index is 12.1. The minimum atomic E-state index is -1.17. The minimum Gasteiger partial charge on any atom is -0.383 e. The van der Waals surface area contributed by atoms with E-state index < -0.39 is 12.1 Å². The number of pyridine rings is 1. The molecule has 4 N–H and O–H groups in total. The van der Waals surface area contributed by atoms with E-state index in [1.165, 1.54) is 12.6 Å². The smallest absolute Gasteiger partial charge is 0.268 e. The summed E-state index contributed by atoms with van der Waals surface area (Å²) in [5.74, 6) is 0.384. The molecule has 0 fully saturated rings. The monoisotopic (exact) mass is 338 g/mol. The van der Waals surface area contributed by atoms with Crippen molar-refractivity contribution in [1.29, 1.82) is 0 Å². The Bertz CT molecular complexity index is 492. The van der Waals surface area contributed by atoms with Crippen LogP contribution < -0.4 is 11.1 Å². The molecule has 24 heavy (non-hydrogen) atoms. The van der Waals surface area contributed by atoms with Gasteiger partial charge < -0.3 is 16.2 Å². The number of nitrogens with one attached hydrogen (secondary N) is 1. The molecule has 0 aliphatic carbocycles. The summed E-state index contributed by atoms with van der Waals surface area (Å²) in [4.78, 5) is 17.9. The number of carbonyl (C=O) groups is 1. The SMILES string of the molecule is CCC.CCc1cc(NC(=O)C(O)N(CC)CC(C)C)cnc1N.